The molecule has 1 saturated heterocycles. The molecule has 13 heteroatoms. The standard InChI is InChI=1S/C26H31N5O7S/c1-15-20(24(26(35)36)31-23(15)22(17(3)33)25(31)34)13-30-27-16(2)19-5-4-18(12-21(19)39(30,37)38)6-7-28-8-9-29(14-28)10-11-32/h4-5,8-9,12,14-15,17,22-23,32-33H,6-7,10-11,13H2,1-3H3/p+1/t15-,17+,22+,23+/m0/s1. The van der Waals surface area contributed by atoms with Crippen molar-refractivity contribution in [2.24, 2.45) is 16.9 Å². The maximum Gasteiger partial charge on any atom is 0.352 e. The molecule has 1 aromatic heterocycles. The van der Waals surface area contributed by atoms with Gasteiger partial charge in [0.2, 0.25) is 12.2 Å². The molecule has 39 heavy (non-hydrogen) atoms. The monoisotopic (exact) mass is 558 g/mol. The van der Waals surface area contributed by atoms with Crippen LogP contribution in [0.15, 0.2) is 58.2 Å². The van der Waals surface area contributed by atoms with Crippen LogP contribution in [0.3, 0.4) is 0 Å². The zero-order valence-corrected chi connectivity index (χ0v) is 22.7. The number of carbonyl (C=O) groups is 2. The van der Waals surface area contributed by atoms with Gasteiger partial charge >= 0.3 is 5.97 Å². The number of carbonyl (C=O) groups excluding carboxylic acids is 1. The number of sulfonamides is 1. The zero-order chi connectivity index (χ0) is 28.2. The first-order valence-electron chi connectivity index (χ1n) is 12.8. The van der Waals surface area contributed by atoms with Gasteiger partial charge in [-0.25, -0.2) is 13.9 Å². The molecule has 3 N–H and O–H groups in total. The topological polar surface area (TPSA) is 157 Å². The Bertz CT molecular complexity index is 1510. The molecule has 0 saturated carbocycles. The Balaban J connectivity index is 1.42. The molecule has 0 radical (unpaired) electrons. The molecule has 1 amide bonds. The highest BCUT2D eigenvalue weighted by atomic mass is 32.2. The zero-order valence-electron chi connectivity index (χ0n) is 21.9. The Labute approximate surface area is 226 Å². The van der Waals surface area contributed by atoms with E-state index in [1.807, 2.05) is 33.9 Å². The number of rotatable bonds is 9. The van der Waals surface area contributed by atoms with Gasteiger partial charge in [-0.1, -0.05) is 19.1 Å². The van der Waals surface area contributed by atoms with Crippen LogP contribution >= 0.6 is 0 Å². The van der Waals surface area contributed by atoms with Gasteiger partial charge in [0, 0.05) is 17.9 Å². The summed E-state index contributed by atoms with van der Waals surface area (Å²) in [5.74, 6) is -3.01. The number of carboxylic acid groups (broad SMARTS) is 1. The van der Waals surface area contributed by atoms with E-state index in [-0.39, 0.29) is 29.3 Å². The van der Waals surface area contributed by atoms with E-state index in [4.69, 9.17) is 5.11 Å². The lowest BCUT2D eigenvalue weighted by atomic mass is 9.78. The van der Waals surface area contributed by atoms with E-state index in [0.717, 1.165) is 9.98 Å². The van der Waals surface area contributed by atoms with Crippen LogP contribution in [0.5, 0.6) is 0 Å². The number of aryl methyl sites for hydroxylation is 2. The van der Waals surface area contributed by atoms with Gasteiger partial charge in [0.05, 0.1) is 48.4 Å². The minimum Gasteiger partial charge on any atom is -0.477 e. The number of hydrogen-bond donors (Lipinski definition) is 3. The highest BCUT2D eigenvalue weighted by Gasteiger charge is 2.60. The van der Waals surface area contributed by atoms with Crippen LogP contribution in [0.4, 0.5) is 0 Å². The average Bonchev–Trinajstić information content (AvgIpc) is 3.42. The first-order valence-corrected chi connectivity index (χ1v) is 14.2. The number of aliphatic hydroxyl groups excluding tert-OH is 2. The molecular formula is C26H32N5O7S+. The molecule has 3 aliphatic rings. The van der Waals surface area contributed by atoms with Crippen LogP contribution in [0.2, 0.25) is 0 Å². The molecule has 12 nitrogen and oxygen atoms in total. The normalized spacial score (nSPS) is 24.3. The number of hydrogen-bond acceptors (Lipinski definition) is 7. The second-order valence-corrected chi connectivity index (χ2v) is 12.1. The number of fused-ring (bicyclic) bond motifs is 2. The minimum atomic E-state index is -4.12. The van der Waals surface area contributed by atoms with Gasteiger partial charge in [-0.2, -0.15) is 17.9 Å². The SMILES string of the molecule is CC1=NN(CC2=C(C(=O)O)N3C(=O)[C@H]([C@@H](C)O)[C@H]3[C@H]2C)S(=O)(=O)c2cc(CCn3cc[n+](CCO)c3)ccc21. The first kappa shape index (κ1) is 27.0. The Morgan fingerprint density at radius 2 is 2.03 bits per heavy atom. The fourth-order valence-corrected chi connectivity index (χ4v) is 7.38. The summed E-state index contributed by atoms with van der Waals surface area (Å²) >= 11 is 0. The Morgan fingerprint density at radius 1 is 1.28 bits per heavy atom. The summed E-state index contributed by atoms with van der Waals surface area (Å²) in [5, 5.41) is 33.4. The maximum absolute atomic E-state index is 13.7. The fraction of sp³-hybridized carbons (Fsp3) is 0.462. The van der Waals surface area contributed by atoms with Crippen molar-refractivity contribution < 1.29 is 37.9 Å². The van der Waals surface area contributed by atoms with Crippen molar-refractivity contribution in [3.05, 3.63) is 59.3 Å². The second kappa shape index (κ2) is 9.88. The molecule has 5 rings (SSSR count). The molecule has 1 fully saturated rings. The summed E-state index contributed by atoms with van der Waals surface area (Å²) in [6.45, 7) is 5.76. The average molecular weight is 559 g/mol. The number of aliphatic carboxylic acids is 1. The largest absolute Gasteiger partial charge is 0.477 e. The van der Waals surface area contributed by atoms with E-state index < -0.39 is 45.9 Å². The van der Waals surface area contributed by atoms with E-state index in [2.05, 4.69) is 5.10 Å². The molecular weight excluding hydrogens is 526 g/mol. The van der Waals surface area contributed by atoms with Crippen LogP contribution in [-0.4, -0.2) is 80.5 Å². The molecule has 2 aromatic rings. The van der Waals surface area contributed by atoms with Gasteiger partial charge in [0.1, 0.15) is 24.6 Å². The van der Waals surface area contributed by atoms with Gasteiger partial charge in [-0.05, 0) is 31.1 Å². The van der Waals surface area contributed by atoms with Crippen molar-refractivity contribution in [1.82, 2.24) is 13.9 Å². The van der Waals surface area contributed by atoms with Crippen molar-refractivity contribution >= 4 is 27.6 Å². The number of hydrazone groups is 1. The lowest BCUT2D eigenvalue weighted by Gasteiger charge is -2.46. The third-order valence-corrected chi connectivity index (χ3v) is 9.50. The second-order valence-electron chi connectivity index (χ2n) is 10.3. The van der Waals surface area contributed by atoms with Crippen molar-refractivity contribution in [2.45, 2.75) is 57.3 Å². The Kier molecular flexibility index (Phi) is 6.85. The summed E-state index contributed by atoms with van der Waals surface area (Å²) in [6, 6.07) is 4.69. The molecule has 4 heterocycles. The quantitative estimate of drug-likeness (QED) is 0.287. The summed E-state index contributed by atoms with van der Waals surface area (Å²) in [6.07, 6.45) is 5.23. The van der Waals surface area contributed by atoms with E-state index >= 15 is 0 Å². The van der Waals surface area contributed by atoms with Crippen LogP contribution in [0.25, 0.3) is 0 Å². The first-order chi connectivity index (χ1) is 18.4. The molecule has 0 spiro atoms. The predicted octanol–water partition coefficient (Wildman–Crippen LogP) is -0.0649. The number of aliphatic hydroxyl groups is 2. The summed E-state index contributed by atoms with van der Waals surface area (Å²) < 4.78 is 32.2. The van der Waals surface area contributed by atoms with E-state index in [9.17, 15) is 28.2 Å². The predicted molar refractivity (Wildman–Crippen MR) is 138 cm³/mol. The number of carboxylic acids is 1. The Hall–Kier alpha value is -3.55. The van der Waals surface area contributed by atoms with Crippen molar-refractivity contribution in [3.8, 4) is 0 Å². The smallest absolute Gasteiger partial charge is 0.352 e. The molecule has 0 bridgehead atoms. The highest BCUT2D eigenvalue weighted by Crippen LogP contribution is 2.47. The lowest BCUT2D eigenvalue weighted by Crippen LogP contribution is -2.63. The van der Waals surface area contributed by atoms with Crippen molar-refractivity contribution in [1.29, 1.82) is 0 Å². The van der Waals surface area contributed by atoms with E-state index in [1.54, 1.807) is 26.0 Å². The number of β-lactam (4-membered cyclic amide) rings is 1. The van der Waals surface area contributed by atoms with Gasteiger partial charge in [0.15, 0.2) is 0 Å². The van der Waals surface area contributed by atoms with Crippen LogP contribution in [0, 0.1) is 11.8 Å². The summed E-state index contributed by atoms with van der Waals surface area (Å²) in [7, 11) is -4.12. The van der Waals surface area contributed by atoms with Crippen LogP contribution < -0.4 is 4.57 Å². The summed E-state index contributed by atoms with van der Waals surface area (Å²) in [5.41, 5.74) is 1.82. The lowest BCUT2D eigenvalue weighted by molar-refractivity contribution is -0.697. The maximum atomic E-state index is 13.7. The fourth-order valence-electron chi connectivity index (χ4n) is 5.82. The van der Waals surface area contributed by atoms with Gasteiger partial charge in [-0.15, -0.1) is 0 Å². The van der Waals surface area contributed by atoms with Gasteiger partial charge in [-0.3, -0.25) is 4.79 Å². The minimum absolute atomic E-state index is 0.0362. The summed E-state index contributed by atoms with van der Waals surface area (Å²) in [4.78, 5) is 26.1. The van der Waals surface area contributed by atoms with Crippen molar-refractivity contribution in [2.75, 3.05) is 13.2 Å². The molecule has 1 aromatic carbocycles. The van der Waals surface area contributed by atoms with Crippen molar-refractivity contribution in [3.63, 3.8) is 0 Å². The van der Waals surface area contributed by atoms with Gasteiger partial charge < -0.3 is 20.2 Å². The molecule has 0 aliphatic carbocycles. The third-order valence-electron chi connectivity index (χ3n) is 7.84. The number of benzene rings is 1. The van der Waals surface area contributed by atoms with E-state index in [0.29, 0.717) is 30.8 Å². The number of amides is 1. The van der Waals surface area contributed by atoms with Gasteiger partial charge in [0.25, 0.3) is 10.0 Å². The molecule has 0 unspecified atom stereocenters. The highest BCUT2D eigenvalue weighted by molar-refractivity contribution is 7.89. The van der Waals surface area contributed by atoms with Crippen LogP contribution in [0.1, 0.15) is 31.9 Å². The molecule has 208 valence electrons. The molecule has 3 aliphatic heterocycles. The number of imidazole rings is 1. The molecule has 4 atom stereocenters. The number of nitrogens with zero attached hydrogens (tertiary/aromatic N) is 5. The van der Waals surface area contributed by atoms with E-state index in [1.165, 1.54) is 11.8 Å². The third kappa shape index (κ3) is 4.43. The van der Waals surface area contributed by atoms with Crippen LogP contribution in [-0.2, 0) is 39.1 Å². The Morgan fingerprint density at radius 3 is 2.69 bits per heavy atom. The number of aromatic nitrogens is 2.